The van der Waals surface area contributed by atoms with Crippen LogP contribution in [0.4, 0.5) is 0 Å². The number of hydrogen-bond acceptors (Lipinski definition) is 2. The van der Waals surface area contributed by atoms with E-state index in [0.29, 0.717) is 0 Å². The van der Waals surface area contributed by atoms with Crippen LogP contribution in [0.5, 0.6) is 0 Å². The Morgan fingerprint density at radius 2 is 2.06 bits per heavy atom. The SMILES string of the molecule is OCC(Cc1cccc(Br)c1)Cc1ccco1. The van der Waals surface area contributed by atoms with E-state index in [0.717, 1.165) is 23.1 Å². The van der Waals surface area contributed by atoms with E-state index >= 15 is 0 Å². The number of aliphatic hydroxyl groups excluding tert-OH is 1. The molecule has 0 spiro atoms. The minimum atomic E-state index is 0.174. The molecule has 0 radical (unpaired) electrons. The van der Waals surface area contributed by atoms with E-state index in [-0.39, 0.29) is 12.5 Å². The van der Waals surface area contributed by atoms with Crippen molar-refractivity contribution < 1.29 is 9.52 Å². The van der Waals surface area contributed by atoms with Gasteiger partial charge in [-0.1, -0.05) is 28.1 Å². The number of benzene rings is 1. The molecule has 0 bridgehead atoms. The lowest BCUT2D eigenvalue weighted by molar-refractivity contribution is 0.219. The summed E-state index contributed by atoms with van der Waals surface area (Å²) >= 11 is 3.45. The van der Waals surface area contributed by atoms with Gasteiger partial charge in [0.05, 0.1) is 6.26 Å². The minimum absolute atomic E-state index is 0.174. The van der Waals surface area contributed by atoms with Gasteiger partial charge in [-0.3, -0.25) is 0 Å². The first-order valence-electron chi connectivity index (χ1n) is 5.65. The molecule has 1 N–H and O–H groups in total. The summed E-state index contributed by atoms with van der Waals surface area (Å²) in [4.78, 5) is 0. The van der Waals surface area contributed by atoms with Gasteiger partial charge in [-0.15, -0.1) is 0 Å². The molecule has 2 aromatic rings. The highest BCUT2D eigenvalue weighted by Crippen LogP contribution is 2.18. The molecule has 1 aromatic carbocycles. The lowest BCUT2D eigenvalue weighted by Gasteiger charge is -2.12. The molecule has 0 aliphatic rings. The number of aliphatic hydroxyl groups is 1. The molecule has 0 aliphatic heterocycles. The van der Waals surface area contributed by atoms with Crippen LogP contribution in [0.2, 0.25) is 0 Å². The van der Waals surface area contributed by atoms with Crippen molar-refractivity contribution in [1.29, 1.82) is 0 Å². The molecule has 0 saturated carbocycles. The number of halogens is 1. The maximum absolute atomic E-state index is 9.40. The lowest BCUT2D eigenvalue weighted by Crippen LogP contribution is -2.12. The largest absolute Gasteiger partial charge is 0.469 e. The molecule has 0 aliphatic carbocycles. The summed E-state index contributed by atoms with van der Waals surface area (Å²) in [6.07, 6.45) is 3.30. The van der Waals surface area contributed by atoms with Gasteiger partial charge in [0.25, 0.3) is 0 Å². The molecular formula is C14H15BrO2. The second kappa shape index (κ2) is 6.03. The second-order valence-electron chi connectivity index (χ2n) is 4.17. The summed E-state index contributed by atoms with van der Waals surface area (Å²) in [6.45, 7) is 0.174. The van der Waals surface area contributed by atoms with E-state index in [1.807, 2.05) is 24.3 Å². The van der Waals surface area contributed by atoms with E-state index in [1.54, 1.807) is 6.26 Å². The summed E-state index contributed by atoms with van der Waals surface area (Å²) < 4.78 is 6.38. The fraction of sp³-hybridized carbons (Fsp3) is 0.286. The number of hydrogen-bond donors (Lipinski definition) is 1. The van der Waals surface area contributed by atoms with Crippen molar-refractivity contribution in [3.8, 4) is 0 Å². The molecule has 17 heavy (non-hydrogen) atoms. The molecule has 3 heteroatoms. The zero-order chi connectivity index (χ0) is 12.1. The Morgan fingerprint density at radius 1 is 1.18 bits per heavy atom. The van der Waals surface area contributed by atoms with Gasteiger partial charge in [0.15, 0.2) is 0 Å². The highest BCUT2D eigenvalue weighted by molar-refractivity contribution is 9.10. The first-order valence-corrected chi connectivity index (χ1v) is 6.45. The van der Waals surface area contributed by atoms with Crippen LogP contribution in [0, 0.1) is 5.92 Å². The predicted octanol–water partition coefficient (Wildman–Crippen LogP) is 3.44. The van der Waals surface area contributed by atoms with Crippen LogP contribution in [0.25, 0.3) is 0 Å². The zero-order valence-electron chi connectivity index (χ0n) is 9.47. The molecule has 0 amide bonds. The highest BCUT2D eigenvalue weighted by atomic mass is 79.9. The minimum Gasteiger partial charge on any atom is -0.469 e. The molecule has 1 atom stereocenters. The molecule has 1 aromatic heterocycles. The van der Waals surface area contributed by atoms with Gasteiger partial charge >= 0.3 is 0 Å². The fourth-order valence-corrected chi connectivity index (χ4v) is 2.36. The Labute approximate surface area is 109 Å². The number of rotatable bonds is 5. The Balaban J connectivity index is 2.00. The van der Waals surface area contributed by atoms with E-state index in [9.17, 15) is 5.11 Å². The quantitative estimate of drug-likeness (QED) is 0.916. The van der Waals surface area contributed by atoms with Gasteiger partial charge in [-0.25, -0.2) is 0 Å². The third kappa shape index (κ3) is 3.72. The second-order valence-corrected chi connectivity index (χ2v) is 5.08. The molecular weight excluding hydrogens is 280 g/mol. The third-order valence-corrected chi connectivity index (χ3v) is 3.23. The molecule has 1 unspecified atom stereocenters. The van der Waals surface area contributed by atoms with Gasteiger partial charge < -0.3 is 9.52 Å². The van der Waals surface area contributed by atoms with Crippen molar-refractivity contribution in [3.63, 3.8) is 0 Å². The topological polar surface area (TPSA) is 33.4 Å². The molecule has 0 saturated heterocycles. The van der Waals surface area contributed by atoms with Gasteiger partial charge in [0.1, 0.15) is 5.76 Å². The average molecular weight is 295 g/mol. The Morgan fingerprint density at radius 3 is 2.71 bits per heavy atom. The van der Waals surface area contributed by atoms with Crippen LogP contribution in [0.3, 0.4) is 0 Å². The van der Waals surface area contributed by atoms with Crippen LogP contribution >= 0.6 is 15.9 Å². The van der Waals surface area contributed by atoms with Crippen molar-refractivity contribution in [1.82, 2.24) is 0 Å². The van der Waals surface area contributed by atoms with Crippen LogP contribution < -0.4 is 0 Å². The van der Waals surface area contributed by atoms with Gasteiger partial charge in [0, 0.05) is 17.5 Å². The third-order valence-electron chi connectivity index (χ3n) is 2.74. The highest BCUT2D eigenvalue weighted by Gasteiger charge is 2.11. The van der Waals surface area contributed by atoms with Crippen molar-refractivity contribution in [2.75, 3.05) is 6.61 Å². The van der Waals surface area contributed by atoms with E-state index < -0.39 is 0 Å². The molecule has 2 rings (SSSR count). The van der Waals surface area contributed by atoms with Crippen molar-refractivity contribution in [2.45, 2.75) is 12.8 Å². The lowest BCUT2D eigenvalue weighted by atomic mass is 9.96. The summed E-state index contributed by atoms with van der Waals surface area (Å²) in [6, 6.07) is 12.0. The average Bonchev–Trinajstić information content (AvgIpc) is 2.81. The van der Waals surface area contributed by atoms with Crippen molar-refractivity contribution >= 4 is 15.9 Å². The van der Waals surface area contributed by atoms with Crippen molar-refractivity contribution in [2.24, 2.45) is 5.92 Å². The predicted molar refractivity (Wildman–Crippen MR) is 70.8 cm³/mol. The van der Waals surface area contributed by atoms with E-state index in [2.05, 4.69) is 28.1 Å². The Bertz CT molecular complexity index is 451. The normalized spacial score (nSPS) is 12.6. The van der Waals surface area contributed by atoms with Crippen molar-refractivity contribution in [3.05, 3.63) is 58.5 Å². The van der Waals surface area contributed by atoms with Crippen LogP contribution in [0.1, 0.15) is 11.3 Å². The summed E-state index contributed by atoms with van der Waals surface area (Å²) in [5.74, 6) is 1.13. The van der Waals surface area contributed by atoms with Gasteiger partial charge in [-0.2, -0.15) is 0 Å². The Kier molecular flexibility index (Phi) is 4.40. The first kappa shape index (κ1) is 12.4. The zero-order valence-corrected chi connectivity index (χ0v) is 11.1. The van der Waals surface area contributed by atoms with E-state index in [1.165, 1.54) is 5.56 Å². The summed E-state index contributed by atoms with van der Waals surface area (Å²) in [5, 5.41) is 9.40. The van der Waals surface area contributed by atoms with Crippen LogP contribution in [0.15, 0.2) is 51.6 Å². The monoisotopic (exact) mass is 294 g/mol. The maximum atomic E-state index is 9.40. The van der Waals surface area contributed by atoms with Crippen LogP contribution in [-0.2, 0) is 12.8 Å². The van der Waals surface area contributed by atoms with Crippen LogP contribution in [-0.4, -0.2) is 11.7 Å². The summed E-state index contributed by atoms with van der Waals surface area (Å²) in [7, 11) is 0. The smallest absolute Gasteiger partial charge is 0.104 e. The molecule has 1 heterocycles. The maximum Gasteiger partial charge on any atom is 0.104 e. The molecule has 0 fully saturated rings. The Hall–Kier alpha value is -1.06. The number of furan rings is 1. The van der Waals surface area contributed by atoms with Gasteiger partial charge in [-0.05, 0) is 42.2 Å². The van der Waals surface area contributed by atoms with E-state index in [4.69, 9.17) is 4.42 Å². The fourth-order valence-electron chi connectivity index (χ4n) is 1.91. The standard InChI is InChI=1S/C14H15BrO2/c15-13-4-1-3-11(8-13)7-12(10-16)9-14-5-2-6-17-14/h1-6,8,12,16H,7,9-10H2. The van der Waals surface area contributed by atoms with Gasteiger partial charge in [0.2, 0.25) is 0 Å². The molecule has 90 valence electrons. The first-order chi connectivity index (χ1) is 8.28. The molecule has 2 nitrogen and oxygen atoms in total. The summed E-state index contributed by atoms with van der Waals surface area (Å²) in [5.41, 5.74) is 1.23.